The topological polar surface area (TPSA) is 41.1 Å². The third-order valence-electron chi connectivity index (χ3n) is 4.47. The van der Waals surface area contributed by atoms with Gasteiger partial charge >= 0.3 is 6.18 Å². The minimum absolute atomic E-state index is 0.0454. The van der Waals surface area contributed by atoms with Gasteiger partial charge < -0.3 is 10.6 Å². The summed E-state index contributed by atoms with van der Waals surface area (Å²) in [5.74, 6) is 0.841. The molecule has 1 saturated heterocycles. The van der Waals surface area contributed by atoms with Crippen molar-refractivity contribution in [1.82, 2.24) is 10.6 Å². The van der Waals surface area contributed by atoms with Gasteiger partial charge in [0.25, 0.3) is 0 Å². The van der Waals surface area contributed by atoms with Crippen molar-refractivity contribution in [3.63, 3.8) is 0 Å². The van der Waals surface area contributed by atoms with Gasteiger partial charge in [0, 0.05) is 13.0 Å². The Labute approximate surface area is 134 Å². The first-order valence-corrected chi connectivity index (χ1v) is 8.00. The average molecular weight is 328 g/mol. The summed E-state index contributed by atoms with van der Waals surface area (Å²) in [6, 6.07) is 4.89. The Morgan fingerprint density at radius 1 is 1.26 bits per heavy atom. The number of alkyl halides is 3. The second-order valence-corrected chi connectivity index (χ2v) is 6.24. The zero-order chi connectivity index (χ0) is 16.9. The van der Waals surface area contributed by atoms with Gasteiger partial charge in [-0.05, 0) is 55.5 Å². The van der Waals surface area contributed by atoms with E-state index in [9.17, 15) is 18.0 Å². The highest BCUT2D eigenvalue weighted by Gasteiger charge is 2.29. The van der Waals surface area contributed by atoms with Crippen LogP contribution in [0.3, 0.4) is 0 Å². The van der Waals surface area contributed by atoms with Crippen molar-refractivity contribution >= 4 is 5.91 Å². The fourth-order valence-electron chi connectivity index (χ4n) is 2.96. The second-order valence-electron chi connectivity index (χ2n) is 6.24. The van der Waals surface area contributed by atoms with E-state index in [1.165, 1.54) is 12.1 Å². The molecule has 0 aliphatic carbocycles. The van der Waals surface area contributed by atoms with E-state index in [1.54, 1.807) is 0 Å². The molecule has 0 radical (unpaired) electrons. The molecule has 23 heavy (non-hydrogen) atoms. The fourth-order valence-corrected chi connectivity index (χ4v) is 2.96. The second kappa shape index (κ2) is 7.81. The van der Waals surface area contributed by atoms with Crippen LogP contribution in [0.5, 0.6) is 0 Å². The Kier molecular flexibility index (Phi) is 6.04. The molecule has 2 rings (SSSR count). The van der Waals surface area contributed by atoms with Gasteiger partial charge in [-0.25, -0.2) is 0 Å². The smallest absolute Gasteiger partial charge is 0.352 e. The SMILES string of the molecule is CC(CC(=O)NCc1ccc(C(F)(F)F)cc1)C1CCNCC1. The van der Waals surface area contributed by atoms with Crippen LogP contribution in [-0.2, 0) is 17.5 Å². The van der Waals surface area contributed by atoms with Crippen LogP contribution in [0.15, 0.2) is 24.3 Å². The molecule has 1 unspecified atom stereocenters. The summed E-state index contributed by atoms with van der Waals surface area (Å²) in [6.07, 6.45) is -1.68. The van der Waals surface area contributed by atoms with Crippen molar-refractivity contribution < 1.29 is 18.0 Å². The van der Waals surface area contributed by atoms with Gasteiger partial charge in [-0.3, -0.25) is 4.79 Å². The summed E-state index contributed by atoms with van der Waals surface area (Å²) in [7, 11) is 0. The third-order valence-corrected chi connectivity index (χ3v) is 4.47. The van der Waals surface area contributed by atoms with Gasteiger partial charge in [-0.2, -0.15) is 13.2 Å². The fraction of sp³-hybridized carbons (Fsp3) is 0.588. The molecule has 0 spiro atoms. The zero-order valence-electron chi connectivity index (χ0n) is 13.2. The number of hydrogen-bond acceptors (Lipinski definition) is 2. The molecule has 0 saturated carbocycles. The van der Waals surface area contributed by atoms with Crippen LogP contribution in [-0.4, -0.2) is 19.0 Å². The lowest BCUT2D eigenvalue weighted by Gasteiger charge is -2.27. The van der Waals surface area contributed by atoms with Gasteiger partial charge in [-0.15, -0.1) is 0 Å². The molecule has 0 aromatic heterocycles. The minimum atomic E-state index is -4.33. The van der Waals surface area contributed by atoms with Gasteiger partial charge in [0.1, 0.15) is 0 Å². The van der Waals surface area contributed by atoms with E-state index in [4.69, 9.17) is 0 Å². The van der Waals surface area contributed by atoms with Crippen LogP contribution < -0.4 is 10.6 Å². The largest absolute Gasteiger partial charge is 0.416 e. The Morgan fingerprint density at radius 2 is 1.87 bits per heavy atom. The van der Waals surface area contributed by atoms with Crippen LogP contribution in [0.25, 0.3) is 0 Å². The van der Waals surface area contributed by atoms with Crippen molar-refractivity contribution in [2.75, 3.05) is 13.1 Å². The molecule has 1 atom stereocenters. The Hall–Kier alpha value is -1.56. The molecule has 3 nitrogen and oxygen atoms in total. The normalized spacial score (nSPS) is 17.7. The van der Waals surface area contributed by atoms with Gasteiger partial charge in [0.05, 0.1) is 5.56 Å². The molecule has 1 aromatic carbocycles. The number of carbonyl (C=O) groups is 1. The van der Waals surface area contributed by atoms with Crippen LogP contribution in [0.1, 0.15) is 37.3 Å². The first kappa shape index (κ1) is 17.8. The molecule has 1 heterocycles. The Balaban J connectivity index is 1.77. The number of amides is 1. The maximum atomic E-state index is 12.5. The zero-order valence-corrected chi connectivity index (χ0v) is 13.2. The van der Waals surface area contributed by atoms with E-state index in [2.05, 4.69) is 17.6 Å². The molecule has 1 aliphatic rings. The van der Waals surface area contributed by atoms with Crippen LogP contribution in [0, 0.1) is 11.8 Å². The predicted octanol–water partition coefficient (Wildman–Crippen LogP) is 3.35. The van der Waals surface area contributed by atoms with Crippen LogP contribution >= 0.6 is 0 Å². The molecule has 1 fully saturated rings. The summed E-state index contributed by atoms with van der Waals surface area (Å²) in [4.78, 5) is 12.0. The Bertz CT molecular complexity index is 508. The summed E-state index contributed by atoms with van der Waals surface area (Å²) in [6.45, 7) is 4.36. The number of hydrogen-bond donors (Lipinski definition) is 2. The molecular formula is C17H23F3N2O. The minimum Gasteiger partial charge on any atom is -0.352 e. The van der Waals surface area contributed by atoms with Gasteiger partial charge in [0.2, 0.25) is 5.91 Å². The van der Waals surface area contributed by atoms with E-state index in [-0.39, 0.29) is 12.5 Å². The third kappa shape index (κ3) is 5.53. The number of benzene rings is 1. The molecular weight excluding hydrogens is 305 g/mol. The number of carbonyl (C=O) groups excluding carboxylic acids is 1. The maximum Gasteiger partial charge on any atom is 0.416 e. The summed E-state index contributed by atoms with van der Waals surface area (Å²) < 4.78 is 37.4. The monoisotopic (exact) mass is 328 g/mol. The highest BCUT2D eigenvalue weighted by atomic mass is 19.4. The highest BCUT2D eigenvalue weighted by Crippen LogP contribution is 2.29. The number of halogens is 3. The molecule has 6 heteroatoms. The van der Waals surface area contributed by atoms with Crippen molar-refractivity contribution in [2.24, 2.45) is 11.8 Å². The van der Waals surface area contributed by atoms with E-state index >= 15 is 0 Å². The first-order valence-electron chi connectivity index (χ1n) is 8.00. The van der Waals surface area contributed by atoms with Gasteiger partial charge in [-0.1, -0.05) is 19.1 Å². The molecule has 1 amide bonds. The molecule has 2 N–H and O–H groups in total. The molecule has 128 valence electrons. The van der Waals surface area contributed by atoms with Crippen molar-refractivity contribution in [3.05, 3.63) is 35.4 Å². The van der Waals surface area contributed by atoms with Crippen molar-refractivity contribution in [2.45, 2.75) is 38.9 Å². The lowest BCUT2D eigenvalue weighted by molar-refractivity contribution is -0.137. The van der Waals surface area contributed by atoms with Crippen LogP contribution in [0.4, 0.5) is 13.2 Å². The number of nitrogens with one attached hydrogen (secondary N) is 2. The highest BCUT2D eigenvalue weighted by molar-refractivity contribution is 5.76. The molecule has 1 aliphatic heterocycles. The average Bonchev–Trinajstić information content (AvgIpc) is 2.53. The Morgan fingerprint density at radius 3 is 2.43 bits per heavy atom. The van der Waals surface area contributed by atoms with E-state index in [1.807, 2.05) is 0 Å². The van der Waals surface area contributed by atoms with E-state index in [0.29, 0.717) is 23.8 Å². The lowest BCUT2D eigenvalue weighted by atomic mass is 9.84. The number of piperidine rings is 1. The van der Waals surface area contributed by atoms with E-state index in [0.717, 1.165) is 38.1 Å². The van der Waals surface area contributed by atoms with Crippen molar-refractivity contribution in [3.8, 4) is 0 Å². The lowest BCUT2D eigenvalue weighted by Crippen LogP contribution is -2.33. The standard InChI is InChI=1S/C17H23F3N2O/c1-12(14-6-8-21-9-7-14)10-16(23)22-11-13-2-4-15(5-3-13)17(18,19)20/h2-5,12,14,21H,6-11H2,1H3,(H,22,23). The van der Waals surface area contributed by atoms with Crippen molar-refractivity contribution in [1.29, 1.82) is 0 Å². The first-order chi connectivity index (χ1) is 10.9. The predicted molar refractivity (Wildman–Crippen MR) is 82.7 cm³/mol. The van der Waals surface area contributed by atoms with Gasteiger partial charge in [0.15, 0.2) is 0 Å². The summed E-state index contributed by atoms with van der Waals surface area (Å²) >= 11 is 0. The summed E-state index contributed by atoms with van der Waals surface area (Å²) in [5.41, 5.74) is -0.00650. The number of rotatable bonds is 5. The summed E-state index contributed by atoms with van der Waals surface area (Å²) in [5, 5.41) is 6.10. The van der Waals surface area contributed by atoms with Crippen LogP contribution in [0.2, 0.25) is 0 Å². The molecule has 1 aromatic rings. The van der Waals surface area contributed by atoms with E-state index < -0.39 is 11.7 Å². The quantitative estimate of drug-likeness (QED) is 0.870. The molecule has 0 bridgehead atoms. The maximum absolute atomic E-state index is 12.5.